The molecule has 1 aromatic carbocycles. The van der Waals surface area contributed by atoms with Crippen LogP contribution in [0.2, 0.25) is 0 Å². The van der Waals surface area contributed by atoms with Gasteiger partial charge in [0.15, 0.2) is 0 Å². The van der Waals surface area contributed by atoms with Gasteiger partial charge in [-0.05, 0) is 12.1 Å². The van der Waals surface area contributed by atoms with E-state index >= 15 is 0 Å². The monoisotopic (exact) mass is 222 g/mol. The van der Waals surface area contributed by atoms with Crippen molar-refractivity contribution in [1.82, 2.24) is 15.9 Å². The number of nitrogens with one attached hydrogen (secondary N) is 3. The molecule has 0 bridgehead atoms. The molecule has 1 aromatic rings. The van der Waals surface area contributed by atoms with Gasteiger partial charge in [0.25, 0.3) is 0 Å². The highest BCUT2D eigenvalue weighted by Crippen LogP contribution is 2.16. The summed E-state index contributed by atoms with van der Waals surface area (Å²) in [6.45, 7) is 1.30. The predicted molar refractivity (Wildman–Crippen MR) is 59.9 cm³/mol. The Morgan fingerprint density at radius 3 is 3.12 bits per heavy atom. The second-order valence-corrected chi connectivity index (χ2v) is 3.36. The molecule has 0 saturated carbocycles. The number of anilines is 1. The van der Waals surface area contributed by atoms with Crippen molar-refractivity contribution in [3.63, 3.8) is 0 Å². The van der Waals surface area contributed by atoms with Crippen LogP contribution < -0.4 is 20.9 Å². The van der Waals surface area contributed by atoms with E-state index < -0.39 is 0 Å². The molecule has 0 radical (unpaired) electrons. The fourth-order valence-electron chi connectivity index (χ4n) is 1.43. The quantitative estimate of drug-likeness (QED) is 0.699. The fourth-order valence-corrected chi connectivity index (χ4v) is 1.43. The average Bonchev–Trinajstić information content (AvgIpc) is 2.29. The van der Waals surface area contributed by atoms with Crippen molar-refractivity contribution in [3.05, 3.63) is 24.3 Å². The number of carbonyl (C=O) groups is 1. The molecule has 86 valence electrons. The molecule has 1 aliphatic heterocycles. The lowest BCUT2D eigenvalue weighted by atomic mass is 10.3. The van der Waals surface area contributed by atoms with Gasteiger partial charge in [0.1, 0.15) is 5.75 Å². The van der Waals surface area contributed by atoms with Gasteiger partial charge in [-0.3, -0.25) is 5.43 Å². The van der Waals surface area contributed by atoms with E-state index in [1.807, 2.05) is 24.3 Å². The standard InChI is InChI=1S/C10H14N4O2/c1-16-9-4-2-3-8(7-9)12-14-6-5-11-10(15)13-14/h2-4,7,12H,5-6H2,1H3,(H2,11,13,15). The summed E-state index contributed by atoms with van der Waals surface area (Å²) in [5, 5.41) is 4.30. The smallest absolute Gasteiger partial charge is 0.330 e. The topological polar surface area (TPSA) is 65.6 Å². The zero-order valence-corrected chi connectivity index (χ0v) is 8.99. The van der Waals surface area contributed by atoms with Crippen LogP contribution in [0.1, 0.15) is 0 Å². The van der Waals surface area contributed by atoms with Crippen molar-refractivity contribution in [3.8, 4) is 5.75 Å². The van der Waals surface area contributed by atoms with Crippen molar-refractivity contribution < 1.29 is 9.53 Å². The van der Waals surface area contributed by atoms with E-state index in [1.54, 1.807) is 12.2 Å². The number of methoxy groups -OCH3 is 1. The maximum Gasteiger partial charge on any atom is 0.330 e. The third-order valence-corrected chi connectivity index (χ3v) is 2.19. The van der Waals surface area contributed by atoms with Gasteiger partial charge in [-0.2, -0.15) is 0 Å². The zero-order valence-electron chi connectivity index (χ0n) is 8.99. The summed E-state index contributed by atoms with van der Waals surface area (Å²) in [4.78, 5) is 11.1. The number of carbonyl (C=O) groups excluding carboxylic acids is 1. The van der Waals surface area contributed by atoms with Crippen LogP contribution >= 0.6 is 0 Å². The second kappa shape index (κ2) is 4.71. The number of nitrogens with zero attached hydrogens (tertiary/aromatic N) is 1. The second-order valence-electron chi connectivity index (χ2n) is 3.36. The van der Waals surface area contributed by atoms with Crippen LogP contribution in [0, 0.1) is 0 Å². The summed E-state index contributed by atoms with van der Waals surface area (Å²) in [6.07, 6.45) is 0. The van der Waals surface area contributed by atoms with Crippen LogP contribution in [0.25, 0.3) is 0 Å². The normalized spacial score (nSPS) is 16.2. The first-order valence-electron chi connectivity index (χ1n) is 5.00. The lowest BCUT2D eigenvalue weighted by molar-refractivity contribution is 0.178. The molecule has 0 spiro atoms. The minimum atomic E-state index is -0.207. The number of rotatable bonds is 3. The van der Waals surface area contributed by atoms with E-state index in [1.165, 1.54) is 0 Å². The average molecular weight is 222 g/mol. The van der Waals surface area contributed by atoms with Crippen LogP contribution in [0.5, 0.6) is 5.75 Å². The number of hydrazine groups is 2. The number of amides is 2. The summed E-state index contributed by atoms with van der Waals surface area (Å²) in [6, 6.07) is 7.29. The molecule has 0 aromatic heterocycles. The van der Waals surface area contributed by atoms with Gasteiger partial charge in [-0.1, -0.05) is 6.07 Å². The molecule has 0 unspecified atom stereocenters. The van der Waals surface area contributed by atoms with Gasteiger partial charge in [-0.25, -0.2) is 4.79 Å². The summed E-state index contributed by atoms with van der Waals surface area (Å²) < 4.78 is 5.11. The van der Waals surface area contributed by atoms with Crippen LogP contribution in [0.4, 0.5) is 10.5 Å². The van der Waals surface area contributed by atoms with Gasteiger partial charge in [0.2, 0.25) is 0 Å². The fraction of sp³-hybridized carbons (Fsp3) is 0.300. The van der Waals surface area contributed by atoms with E-state index in [2.05, 4.69) is 16.2 Å². The van der Waals surface area contributed by atoms with E-state index in [9.17, 15) is 4.79 Å². The summed E-state index contributed by atoms with van der Waals surface area (Å²) in [5.74, 6) is 0.770. The van der Waals surface area contributed by atoms with Gasteiger partial charge in [0, 0.05) is 12.6 Å². The van der Waals surface area contributed by atoms with Crippen LogP contribution in [0.3, 0.4) is 0 Å². The van der Waals surface area contributed by atoms with E-state index in [0.29, 0.717) is 13.1 Å². The number of ether oxygens (including phenoxy) is 1. The van der Waals surface area contributed by atoms with Gasteiger partial charge >= 0.3 is 6.03 Å². The highest BCUT2D eigenvalue weighted by molar-refractivity contribution is 5.74. The highest BCUT2D eigenvalue weighted by Gasteiger charge is 2.14. The number of hydrogen-bond donors (Lipinski definition) is 3. The molecule has 2 rings (SSSR count). The van der Waals surface area contributed by atoms with Crippen molar-refractivity contribution in [2.75, 3.05) is 25.6 Å². The minimum absolute atomic E-state index is 0.207. The Hall–Kier alpha value is -1.95. The molecule has 2 amide bonds. The van der Waals surface area contributed by atoms with Crippen molar-refractivity contribution >= 4 is 11.7 Å². The van der Waals surface area contributed by atoms with Gasteiger partial charge in [-0.15, -0.1) is 5.12 Å². The first-order chi connectivity index (χ1) is 7.78. The first-order valence-corrected chi connectivity index (χ1v) is 5.00. The molecule has 1 saturated heterocycles. The van der Waals surface area contributed by atoms with Crippen molar-refractivity contribution in [2.45, 2.75) is 0 Å². The van der Waals surface area contributed by atoms with Gasteiger partial charge < -0.3 is 15.5 Å². The molecule has 0 aliphatic carbocycles. The molecule has 1 aliphatic rings. The van der Waals surface area contributed by atoms with Gasteiger partial charge in [0.05, 0.1) is 19.3 Å². The zero-order chi connectivity index (χ0) is 11.4. The van der Waals surface area contributed by atoms with Crippen LogP contribution in [0.15, 0.2) is 24.3 Å². The first kappa shape index (κ1) is 10.6. The number of benzene rings is 1. The molecule has 1 heterocycles. The Labute approximate surface area is 93.5 Å². The molecular weight excluding hydrogens is 208 g/mol. The molecule has 3 N–H and O–H groups in total. The third kappa shape index (κ3) is 2.54. The molecule has 6 heteroatoms. The molecule has 0 atom stereocenters. The Kier molecular flexibility index (Phi) is 3.11. The van der Waals surface area contributed by atoms with Crippen molar-refractivity contribution in [2.24, 2.45) is 0 Å². The number of urea groups is 1. The minimum Gasteiger partial charge on any atom is -0.497 e. The predicted octanol–water partition coefficient (Wildman–Crippen LogP) is 0.552. The van der Waals surface area contributed by atoms with Crippen molar-refractivity contribution in [1.29, 1.82) is 0 Å². The maximum absolute atomic E-state index is 11.1. The van der Waals surface area contributed by atoms with Crippen LogP contribution in [-0.2, 0) is 0 Å². The number of hydrogen-bond acceptors (Lipinski definition) is 4. The summed E-state index contributed by atoms with van der Waals surface area (Å²) in [5.41, 5.74) is 6.56. The van der Waals surface area contributed by atoms with E-state index in [4.69, 9.17) is 4.74 Å². The Balaban J connectivity index is 1.99. The lowest BCUT2D eigenvalue weighted by Crippen LogP contribution is -2.57. The molecule has 6 nitrogen and oxygen atoms in total. The molecule has 16 heavy (non-hydrogen) atoms. The molecule has 1 fully saturated rings. The van der Waals surface area contributed by atoms with E-state index in [-0.39, 0.29) is 6.03 Å². The largest absolute Gasteiger partial charge is 0.497 e. The SMILES string of the molecule is COc1cccc(NN2CCNC(=O)N2)c1. The Bertz CT molecular complexity index is 383. The third-order valence-electron chi connectivity index (χ3n) is 2.19. The van der Waals surface area contributed by atoms with E-state index in [0.717, 1.165) is 11.4 Å². The van der Waals surface area contributed by atoms with Crippen LogP contribution in [-0.4, -0.2) is 31.3 Å². The molecular formula is C10H14N4O2. The Morgan fingerprint density at radius 1 is 1.50 bits per heavy atom. The lowest BCUT2D eigenvalue weighted by Gasteiger charge is -2.28. The maximum atomic E-state index is 11.1. The Morgan fingerprint density at radius 2 is 2.38 bits per heavy atom. The highest BCUT2D eigenvalue weighted by atomic mass is 16.5. The summed E-state index contributed by atoms with van der Waals surface area (Å²) in [7, 11) is 1.62. The summed E-state index contributed by atoms with van der Waals surface area (Å²) >= 11 is 0.